The van der Waals surface area contributed by atoms with Gasteiger partial charge in [0.05, 0.1) is 0 Å². The standard InChI is InChI=1S/C12H13BrF3NO2S/c1-17(6-7-2-8(13)3-7)20(18,19)12-10(15)4-9(14)5-11(12)16/h4-5,7-8H,2-3,6H2,1H3. The molecule has 1 aromatic rings. The third-order valence-corrected chi connectivity index (χ3v) is 5.95. The predicted octanol–water partition coefficient (Wildman–Crippen LogP) is 2.90. The zero-order chi connectivity index (χ0) is 15.1. The van der Waals surface area contributed by atoms with E-state index in [2.05, 4.69) is 15.9 Å². The van der Waals surface area contributed by atoms with Gasteiger partial charge in [-0.3, -0.25) is 0 Å². The van der Waals surface area contributed by atoms with E-state index in [-0.39, 0.29) is 12.5 Å². The molecule has 1 aliphatic carbocycles. The van der Waals surface area contributed by atoms with E-state index in [1.165, 1.54) is 7.05 Å². The molecule has 1 saturated carbocycles. The van der Waals surface area contributed by atoms with E-state index in [4.69, 9.17) is 0 Å². The number of hydrogen-bond donors (Lipinski definition) is 0. The van der Waals surface area contributed by atoms with Gasteiger partial charge in [-0.05, 0) is 18.8 Å². The molecule has 0 aromatic heterocycles. The number of sulfonamides is 1. The van der Waals surface area contributed by atoms with Gasteiger partial charge in [0.2, 0.25) is 10.0 Å². The van der Waals surface area contributed by atoms with Crippen molar-refractivity contribution in [2.24, 2.45) is 5.92 Å². The quantitative estimate of drug-likeness (QED) is 0.763. The fourth-order valence-electron chi connectivity index (χ4n) is 2.20. The Balaban J connectivity index is 2.26. The summed E-state index contributed by atoms with van der Waals surface area (Å²) in [5, 5.41) is 0. The van der Waals surface area contributed by atoms with Gasteiger partial charge in [-0.1, -0.05) is 15.9 Å². The first-order valence-electron chi connectivity index (χ1n) is 5.96. The first-order valence-corrected chi connectivity index (χ1v) is 8.32. The molecule has 8 heteroatoms. The lowest BCUT2D eigenvalue weighted by Crippen LogP contribution is -2.38. The van der Waals surface area contributed by atoms with E-state index in [9.17, 15) is 21.6 Å². The maximum Gasteiger partial charge on any atom is 0.248 e. The molecule has 2 rings (SSSR count). The molecular weight excluding hydrogens is 359 g/mol. The van der Waals surface area contributed by atoms with Crippen molar-refractivity contribution < 1.29 is 21.6 Å². The summed E-state index contributed by atoms with van der Waals surface area (Å²) < 4.78 is 65.2. The lowest BCUT2D eigenvalue weighted by atomic mass is 9.85. The zero-order valence-corrected chi connectivity index (χ0v) is 13.0. The van der Waals surface area contributed by atoms with Gasteiger partial charge < -0.3 is 0 Å². The van der Waals surface area contributed by atoms with Gasteiger partial charge in [0.1, 0.15) is 17.5 Å². The van der Waals surface area contributed by atoms with Crippen LogP contribution in [0.4, 0.5) is 13.2 Å². The minimum Gasteiger partial charge on any atom is -0.207 e. The third-order valence-electron chi connectivity index (χ3n) is 3.32. The lowest BCUT2D eigenvalue weighted by molar-refractivity contribution is 0.274. The van der Waals surface area contributed by atoms with Crippen molar-refractivity contribution in [1.82, 2.24) is 4.31 Å². The van der Waals surface area contributed by atoms with E-state index < -0.39 is 32.4 Å². The highest BCUT2D eigenvalue weighted by Crippen LogP contribution is 2.34. The second-order valence-corrected chi connectivity index (χ2v) is 8.20. The Morgan fingerprint density at radius 1 is 1.25 bits per heavy atom. The normalized spacial score (nSPS) is 22.9. The Kier molecular flexibility index (Phi) is 4.46. The molecule has 0 radical (unpaired) electrons. The first-order chi connectivity index (χ1) is 9.21. The highest BCUT2D eigenvalue weighted by molar-refractivity contribution is 9.09. The van der Waals surface area contributed by atoms with E-state index in [1.807, 2.05) is 0 Å². The minimum absolute atomic E-state index is 0.158. The molecule has 0 spiro atoms. The summed E-state index contributed by atoms with van der Waals surface area (Å²) in [6.45, 7) is 0.181. The van der Waals surface area contributed by atoms with Crippen LogP contribution in [-0.4, -0.2) is 31.1 Å². The van der Waals surface area contributed by atoms with E-state index >= 15 is 0 Å². The van der Waals surface area contributed by atoms with Crippen LogP contribution in [0.1, 0.15) is 12.8 Å². The molecule has 0 unspecified atom stereocenters. The summed E-state index contributed by atoms with van der Waals surface area (Å²) in [5.41, 5.74) is 0. The summed E-state index contributed by atoms with van der Waals surface area (Å²) in [6.07, 6.45) is 1.63. The average Bonchev–Trinajstić information content (AvgIpc) is 2.24. The van der Waals surface area contributed by atoms with Gasteiger partial charge >= 0.3 is 0 Å². The van der Waals surface area contributed by atoms with Crippen molar-refractivity contribution in [2.75, 3.05) is 13.6 Å². The molecule has 1 aromatic carbocycles. The molecule has 1 aliphatic rings. The summed E-state index contributed by atoms with van der Waals surface area (Å²) in [6, 6.07) is 0.726. The molecule has 3 nitrogen and oxygen atoms in total. The van der Waals surface area contributed by atoms with Crippen LogP contribution in [-0.2, 0) is 10.0 Å². The maximum absolute atomic E-state index is 13.6. The average molecular weight is 372 g/mol. The van der Waals surface area contributed by atoms with Crippen LogP contribution in [0.25, 0.3) is 0 Å². The monoisotopic (exact) mass is 371 g/mol. The summed E-state index contributed by atoms with van der Waals surface area (Å²) in [7, 11) is -3.04. The number of hydrogen-bond acceptors (Lipinski definition) is 2. The molecule has 0 saturated heterocycles. The Morgan fingerprint density at radius 3 is 2.20 bits per heavy atom. The summed E-state index contributed by atoms with van der Waals surface area (Å²) in [4.78, 5) is -0.737. The molecule has 112 valence electrons. The van der Waals surface area contributed by atoms with E-state index in [1.54, 1.807) is 0 Å². The SMILES string of the molecule is CN(CC1CC(Br)C1)S(=O)(=O)c1c(F)cc(F)cc1F. The van der Waals surface area contributed by atoms with Crippen LogP contribution in [0.15, 0.2) is 17.0 Å². The molecule has 0 atom stereocenters. The van der Waals surface area contributed by atoms with Gasteiger partial charge in [-0.15, -0.1) is 0 Å². The number of halogens is 4. The van der Waals surface area contributed by atoms with Crippen LogP contribution in [0, 0.1) is 23.4 Å². The Labute approximate surface area is 123 Å². The number of alkyl halides is 1. The molecule has 0 aliphatic heterocycles. The summed E-state index contributed by atoms with van der Waals surface area (Å²) >= 11 is 3.39. The molecule has 0 amide bonds. The van der Waals surface area contributed by atoms with Crippen molar-refractivity contribution in [3.8, 4) is 0 Å². The van der Waals surface area contributed by atoms with Crippen molar-refractivity contribution in [3.63, 3.8) is 0 Å². The predicted molar refractivity (Wildman–Crippen MR) is 71.6 cm³/mol. The molecule has 20 heavy (non-hydrogen) atoms. The van der Waals surface area contributed by atoms with Crippen LogP contribution in [0.3, 0.4) is 0 Å². The van der Waals surface area contributed by atoms with E-state index in [0.717, 1.165) is 17.1 Å². The van der Waals surface area contributed by atoms with Crippen molar-refractivity contribution in [3.05, 3.63) is 29.6 Å². The second kappa shape index (κ2) is 5.65. The van der Waals surface area contributed by atoms with Gasteiger partial charge in [0.25, 0.3) is 0 Å². The first kappa shape index (κ1) is 15.8. The van der Waals surface area contributed by atoms with E-state index in [0.29, 0.717) is 17.0 Å². The third kappa shape index (κ3) is 3.01. The van der Waals surface area contributed by atoms with Crippen LogP contribution < -0.4 is 0 Å². The van der Waals surface area contributed by atoms with Gasteiger partial charge in [0, 0.05) is 30.6 Å². The van der Waals surface area contributed by atoms with Crippen molar-refractivity contribution in [2.45, 2.75) is 22.6 Å². The molecular formula is C12H13BrF3NO2S. The second-order valence-electron chi connectivity index (χ2n) is 4.92. The fraction of sp³-hybridized carbons (Fsp3) is 0.500. The minimum atomic E-state index is -4.30. The zero-order valence-electron chi connectivity index (χ0n) is 10.6. The van der Waals surface area contributed by atoms with Gasteiger partial charge in [-0.2, -0.15) is 0 Å². The smallest absolute Gasteiger partial charge is 0.207 e. The molecule has 0 bridgehead atoms. The molecule has 0 N–H and O–H groups in total. The topological polar surface area (TPSA) is 37.4 Å². The molecule has 1 fully saturated rings. The molecule has 0 heterocycles. The Morgan fingerprint density at radius 2 is 1.75 bits per heavy atom. The largest absolute Gasteiger partial charge is 0.248 e. The van der Waals surface area contributed by atoms with Crippen molar-refractivity contribution >= 4 is 26.0 Å². The highest BCUT2D eigenvalue weighted by Gasteiger charge is 2.34. The highest BCUT2D eigenvalue weighted by atomic mass is 79.9. The Hall–Kier alpha value is -0.600. The van der Waals surface area contributed by atoms with Gasteiger partial charge in [-0.25, -0.2) is 25.9 Å². The van der Waals surface area contributed by atoms with Crippen LogP contribution >= 0.6 is 15.9 Å². The number of benzene rings is 1. The Bertz CT molecular complexity index is 594. The summed E-state index contributed by atoms with van der Waals surface area (Å²) in [5.74, 6) is -3.82. The number of nitrogens with zero attached hydrogens (tertiary/aromatic N) is 1. The maximum atomic E-state index is 13.6. The van der Waals surface area contributed by atoms with Crippen LogP contribution in [0.5, 0.6) is 0 Å². The number of rotatable bonds is 4. The van der Waals surface area contributed by atoms with Gasteiger partial charge in [0.15, 0.2) is 4.90 Å². The van der Waals surface area contributed by atoms with Crippen LogP contribution in [0.2, 0.25) is 0 Å². The fourth-order valence-corrected chi connectivity index (χ4v) is 4.58. The van der Waals surface area contributed by atoms with Crippen molar-refractivity contribution in [1.29, 1.82) is 0 Å². The lowest BCUT2D eigenvalue weighted by Gasteiger charge is -2.34.